The SMILES string of the molecule is CC(N)c1csc(NC(=O)CCc2ccccc2)n1. The van der Waals surface area contributed by atoms with Crippen molar-refractivity contribution in [2.24, 2.45) is 5.73 Å². The zero-order valence-electron chi connectivity index (χ0n) is 10.8. The largest absolute Gasteiger partial charge is 0.323 e. The van der Waals surface area contributed by atoms with Crippen LogP contribution in [0.2, 0.25) is 0 Å². The van der Waals surface area contributed by atoms with Crippen LogP contribution in [0.25, 0.3) is 0 Å². The number of nitrogens with two attached hydrogens (primary N) is 1. The lowest BCUT2D eigenvalue weighted by Gasteiger charge is -2.02. The summed E-state index contributed by atoms with van der Waals surface area (Å²) in [6, 6.07) is 9.85. The van der Waals surface area contributed by atoms with E-state index in [0.717, 1.165) is 17.7 Å². The van der Waals surface area contributed by atoms with Crippen LogP contribution in [0.15, 0.2) is 35.7 Å². The van der Waals surface area contributed by atoms with Gasteiger partial charge in [0.2, 0.25) is 5.91 Å². The van der Waals surface area contributed by atoms with Crippen molar-refractivity contribution >= 4 is 22.4 Å². The Hall–Kier alpha value is -1.72. The molecule has 2 aromatic rings. The van der Waals surface area contributed by atoms with E-state index in [4.69, 9.17) is 5.73 Å². The van der Waals surface area contributed by atoms with Gasteiger partial charge in [-0.25, -0.2) is 4.98 Å². The predicted molar refractivity (Wildman–Crippen MR) is 78.1 cm³/mol. The summed E-state index contributed by atoms with van der Waals surface area (Å²) in [4.78, 5) is 16.1. The molecule has 5 heteroatoms. The number of hydrogen-bond donors (Lipinski definition) is 2. The molecule has 1 heterocycles. The molecular formula is C14H17N3OS. The van der Waals surface area contributed by atoms with Gasteiger partial charge in [0, 0.05) is 17.8 Å². The van der Waals surface area contributed by atoms with Crippen LogP contribution < -0.4 is 11.1 Å². The highest BCUT2D eigenvalue weighted by atomic mass is 32.1. The molecule has 2 rings (SSSR count). The van der Waals surface area contributed by atoms with Gasteiger partial charge in [0.25, 0.3) is 0 Å². The highest BCUT2D eigenvalue weighted by molar-refractivity contribution is 7.13. The van der Waals surface area contributed by atoms with Gasteiger partial charge >= 0.3 is 0 Å². The maximum atomic E-state index is 11.8. The topological polar surface area (TPSA) is 68.0 Å². The third-order valence-corrected chi connectivity index (χ3v) is 3.49. The average molecular weight is 275 g/mol. The molecule has 0 spiro atoms. The Kier molecular flexibility index (Phi) is 4.65. The maximum absolute atomic E-state index is 11.8. The Labute approximate surface area is 116 Å². The van der Waals surface area contributed by atoms with Gasteiger partial charge in [-0.1, -0.05) is 30.3 Å². The number of carbonyl (C=O) groups excluding carboxylic acids is 1. The molecule has 0 aliphatic carbocycles. The third-order valence-electron chi connectivity index (χ3n) is 2.72. The quantitative estimate of drug-likeness (QED) is 0.881. The molecule has 4 nitrogen and oxygen atoms in total. The van der Waals surface area contributed by atoms with Crippen LogP contribution >= 0.6 is 11.3 Å². The standard InChI is InChI=1S/C14H17N3OS/c1-10(15)12-9-19-14(16-12)17-13(18)8-7-11-5-3-2-4-6-11/h2-6,9-10H,7-8,15H2,1H3,(H,16,17,18). The summed E-state index contributed by atoms with van der Waals surface area (Å²) in [5.41, 5.74) is 7.69. The van der Waals surface area contributed by atoms with Gasteiger partial charge in [-0.05, 0) is 18.9 Å². The molecule has 1 amide bonds. The van der Waals surface area contributed by atoms with E-state index in [1.807, 2.05) is 42.6 Å². The number of aromatic nitrogens is 1. The molecule has 100 valence electrons. The minimum Gasteiger partial charge on any atom is -0.323 e. The molecule has 0 saturated heterocycles. The van der Waals surface area contributed by atoms with Crippen molar-refractivity contribution in [3.63, 3.8) is 0 Å². The Morgan fingerprint density at radius 1 is 1.42 bits per heavy atom. The summed E-state index contributed by atoms with van der Waals surface area (Å²) in [6.07, 6.45) is 1.19. The lowest BCUT2D eigenvalue weighted by Crippen LogP contribution is -2.12. The predicted octanol–water partition coefficient (Wildman–Crippen LogP) is 2.73. The van der Waals surface area contributed by atoms with Crippen LogP contribution in [-0.2, 0) is 11.2 Å². The molecule has 19 heavy (non-hydrogen) atoms. The van der Waals surface area contributed by atoms with Crippen LogP contribution in [-0.4, -0.2) is 10.9 Å². The molecule has 1 atom stereocenters. The smallest absolute Gasteiger partial charge is 0.226 e. The monoisotopic (exact) mass is 275 g/mol. The van der Waals surface area contributed by atoms with Crippen molar-refractivity contribution in [1.82, 2.24) is 4.98 Å². The van der Waals surface area contributed by atoms with Crippen molar-refractivity contribution in [2.45, 2.75) is 25.8 Å². The van der Waals surface area contributed by atoms with E-state index in [1.54, 1.807) is 0 Å². The number of nitrogens with zero attached hydrogens (tertiary/aromatic N) is 1. The Bertz CT molecular complexity index is 537. The minimum atomic E-state index is -0.105. The second-order valence-electron chi connectivity index (χ2n) is 4.40. The second kappa shape index (κ2) is 6.45. The van der Waals surface area contributed by atoms with E-state index in [-0.39, 0.29) is 11.9 Å². The highest BCUT2D eigenvalue weighted by Gasteiger charge is 2.08. The fourth-order valence-electron chi connectivity index (χ4n) is 1.64. The summed E-state index contributed by atoms with van der Waals surface area (Å²) >= 11 is 1.40. The molecular weight excluding hydrogens is 258 g/mol. The molecule has 0 saturated carbocycles. The number of rotatable bonds is 5. The van der Waals surface area contributed by atoms with Gasteiger partial charge < -0.3 is 11.1 Å². The summed E-state index contributed by atoms with van der Waals surface area (Å²) in [5, 5.41) is 5.29. The molecule has 0 bridgehead atoms. The summed E-state index contributed by atoms with van der Waals surface area (Å²) in [6.45, 7) is 1.87. The zero-order chi connectivity index (χ0) is 13.7. The van der Waals surface area contributed by atoms with E-state index < -0.39 is 0 Å². The van der Waals surface area contributed by atoms with E-state index in [9.17, 15) is 4.79 Å². The van der Waals surface area contributed by atoms with E-state index in [0.29, 0.717) is 11.6 Å². The molecule has 1 aromatic carbocycles. The lowest BCUT2D eigenvalue weighted by molar-refractivity contribution is -0.116. The summed E-state index contributed by atoms with van der Waals surface area (Å²) in [7, 11) is 0. The van der Waals surface area contributed by atoms with Crippen molar-refractivity contribution in [2.75, 3.05) is 5.32 Å². The van der Waals surface area contributed by atoms with Crippen LogP contribution in [0.3, 0.4) is 0 Å². The van der Waals surface area contributed by atoms with Gasteiger partial charge in [0.15, 0.2) is 5.13 Å². The fraction of sp³-hybridized carbons (Fsp3) is 0.286. The minimum absolute atomic E-state index is 0.0190. The number of benzene rings is 1. The summed E-state index contributed by atoms with van der Waals surface area (Å²) < 4.78 is 0. The molecule has 0 radical (unpaired) electrons. The van der Waals surface area contributed by atoms with Gasteiger partial charge in [-0.3, -0.25) is 4.79 Å². The van der Waals surface area contributed by atoms with Gasteiger partial charge in [0.05, 0.1) is 5.69 Å². The second-order valence-corrected chi connectivity index (χ2v) is 5.26. The van der Waals surface area contributed by atoms with Crippen molar-refractivity contribution < 1.29 is 4.79 Å². The number of aryl methyl sites for hydroxylation is 1. The first-order valence-electron chi connectivity index (χ1n) is 6.20. The molecule has 0 fully saturated rings. The zero-order valence-corrected chi connectivity index (χ0v) is 11.6. The first-order chi connectivity index (χ1) is 9.15. The van der Waals surface area contributed by atoms with Crippen molar-refractivity contribution in [1.29, 1.82) is 0 Å². The van der Waals surface area contributed by atoms with Crippen molar-refractivity contribution in [3.8, 4) is 0 Å². The Morgan fingerprint density at radius 2 is 2.16 bits per heavy atom. The van der Waals surface area contributed by atoms with E-state index in [1.165, 1.54) is 11.3 Å². The molecule has 3 N–H and O–H groups in total. The number of amides is 1. The molecule has 0 aliphatic rings. The number of hydrogen-bond acceptors (Lipinski definition) is 4. The number of nitrogens with one attached hydrogen (secondary N) is 1. The van der Waals surface area contributed by atoms with Gasteiger partial charge in [0.1, 0.15) is 0 Å². The molecule has 1 unspecified atom stereocenters. The van der Waals surface area contributed by atoms with Gasteiger partial charge in [-0.15, -0.1) is 11.3 Å². The van der Waals surface area contributed by atoms with Crippen LogP contribution in [0.4, 0.5) is 5.13 Å². The number of thiazole rings is 1. The summed E-state index contributed by atoms with van der Waals surface area (Å²) in [5.74, 6) is -0.0190. The van der Waals surface area contributed by atoms with Crippen LogP contribution in [0, 0.1) is 0 Å². The highest BCUT2D eigenvalue weighted by Crippen LogP contribution is 2.19. The van der Waals surface area contributed by atoms with Crippen LogP contribution in [0.5, 0.6) is 0 Å². The normalized spacial score (nSPS) is 12.1. The Morgan fingerprint density at radius 3 is 2.79 bits per heavy atom. The first-order valence-corrected chi connectivity index (χ1v) is 7.08. The third kappa shape index (κ3) is 4.15. The van der Waals surface area contributed by atoms with E-state index in [2.05, 4.69) is 10.3 Å². The molecule has 1 aromatic heterocycles. The van der Waals surface area contributed by atoms with E-state index >= 15 is 0 Å². The van der Waals surface area contributed by atoms with Gasteiger partial charge in [-0.2, -0.15) is 0 Å². The average Bonchev–Trinajstić information content (AvgIpc) is 2.86. The first kappa shape index (κ1) is 13.7. The number of carbonyl (C=O) groups is 1. The van der Waals surface area contributed by atoms with Crippen molar-refractivity contribution in [3.05, 3.63) is 47.0 Å². The lowest BCUT2D eigenvalue weighted by atomic mass is 10.1. The molecule has 0 aliphatic heterocycles. The number of anilines is 1. The Balaban J connectivity index is 1.84. The maximum Gasteiger partial charge on any atom is 0.226 e. The fourth-order valence-corrected chi connectivity index (χ4v) is 2.47. The van der Waals surface area contributed by atoms with Crippen LogP contribution in [0.1, 0.15) is 30.6 Å².